The second-order valence-corrected chi connectivity index (χ2v) is 5.88. The maximum atomic E-state index is 12.6. The molecule has 0 aliphatic carbocycles. The average molecular weight is 346 g/mol. The Morgan fingerprint density at radius 2 is 2.00 bits per heavy atom. The monoisotopic (exact) mass is 345 g/mol. The van der Waals surface area contributed by atoms with Crippen molar-refractivity contribution in [2.75, 3.05) is 31.1 Å². The van der Waals surface area contributed by atoms with Gasteiger partial charge < -0.3 is 15.5 Å². The number of nitrogens with zero attached hydrogens (tertiary/aromatic N) is 1. The number of hydrogen-bond donors (Lipinski definition) is 2. The van der Waals surface area contributed by atoms with E-state index in [1.54, 1.807) is 0 Å². The molecule has 0 saturated carbocycles. The van der Waals surface area contributed by atoms with Crippen LogP contribution in [0.1, 0.15) is 35.2 Å². The van der Waals surface area contributed by atoms with Crippen molar-refractivity contribution in [3.63, 3.8) is 0 Å². The van der Waals surface area contributed by atoms with E-state index in [0.717, 1.165) is 49.4 Å². The van der Waals surface area contributed by atoms with Crippen LogP contribution in [0.2, 0.25) is 0 Å². The van der Waals surface area contributed by atoms with Gasteiger partial charge in [-0.05, 0) is 44.9 Å². The summed E-state index contributed by atoms with van der Waals surface area (Å²) in [6.45, 7) is 6.05. The number of hydrogen-bond acceptors (Lipinski definition) is 3. The molecule has 2 aliphatic heterocycles. The lowest BCUT2D eigenvalue weighted by molar-refractivity contribution is 0.0940. The summed E-state index contributed by atoms with van der Waals surface area (Å²) in [6.07, 6.45) is 3.47. The van der Waals surface area contributed by atoms with Crippen molar-refractivity contribution < 1.29 is 4.79 Å². The van der Waals surface area contributed by atoms with Gasteiger partial charge in [0.1, 0.15) is 0 Å². The number of halogens is 2. The third-order valence-electron chi connectivity index (χ3n) is 4.24. The van der Waals surface area contributed by atoms with E-state index in [1.165, 1.54) is 12.8 Å². The van der Waals surface area contributed by atoms with Gasteiger partial charge in [-0.2, -0.15) is 0 Å². The Kier molecular flexibility index (Phi) is 7.46. The number of aryl methyl sites for hydroxylation is 1. The molecule has 1 atom stereocenters. The summed E-state index contributed by atoms with van der Waals surface area (Å²) in [5.74, 6) is 0.0734. The average Bonchev–Trinajstić information content (AvgIpc) is 3.11. The minimum absolute atomic E-state index is 0. The Morgan fingerprint density at radius 3 is 2.64 bits per heavy atom. The van der Waals surface area contributed by atoms with Crippen LogP contribution >= 0.6 is 24.8 Å². The Hall–Kier alpha value is -0.970. The summed E-state index contributed by atoms with van der Waals surface area (Å²) in [7, 11) is 0. The van der Waals surface area contributed by atoms with Crippen LogP contribution < -0.4 is 15.5 Å². The SMILES string of the molecule is Cc1ccc(N2CCCC2)c(C(=O)NC2CCNC2)c1.Cl.Cl. The van der Waals surface area contributed by atoms with Crippen LogP contribution in [0, 0.1) is 6.92 Å². The normalized spacial score (nSPS) is 20.2. The molecule has 0 aromatic heterocycles. The van der Waals surface area contributed by atoms with E-state index >= 15 is 0 Å². The van der Waals surface area contributed by atoms with Crippen LogP contribution in [0.5, 0.6) is 0 Å². The van der Waals surface area contributed by atoms with Crippen molar-refractivity contribution >= 4 is 36.4 Å². The second-order valence-electron chi connectivity index (χ2n) is 5.88. The minimum Gasteiger partial charge on any atom is -0.371 e. The largest absolute Gasteiger partial charge is 0.371 e. The summed E-state index contributed by atoms with van der Waals surface area (Å²) in [5, 5.41) is 6.44. The highest BCUT2D eigenvalue weighted by Crippen LogP contribution is 2.25. The molecule has 0 radical (unpaired) electrons. The van der Waals surface area contributed by atoms with Gasteiger partial charge in [0.05, 0.1) is 5.56 Å². The number of carbonyl (C=O) groups is 1. The van der Waals surface area contributed by atoms with E-state index in [-0.39, 0.29) is 36.8 Å². The van der Waals surface area contributed by atoms with Gasteiger partial charge in [-0.3, -0.25) is 4.79 Å². The zero-order valence-electron chi connectivity index (χ0n) is 12.9. The highest BCUT2D eigenvalue weighted by atomic mass is 35.5. The number of nitrogens with one attached hydrogen (secondary N) is 2. The third-order valence-corrected chi connectivity index (χ3v) is 4.24. The number of rotatable bonds is 3. The predicted octanol–water partition coefficient (Wildman–Crippen LogP) is 2.53. The maximum absolute atomic E-state index is 12.6. The molecule has 22 heavy (non-hydrogen) atoms. The first-order valence-corrected chi connectivity index (χ1v) is 7.61. The Morgan fingerprint density at radius 1 is 1.27 bits per heavy atom. The van der Waals surface area contributed by atoms with Crippen LogP contribution in [-0.2, 0) is 0 Å². The van der Waals surface area contributed by atoms with Gasteiger partial charge in [-0.25, -0.2) is 0 Å². The van der Waals surface area contributed by atoms with Crippen LogP contribution in [0.15, 0.2) is 18.2 Å². The Bertz CT molecular complexity index is 498. The van der Waals surface area contributed by atoms with Crippen LogP contribution in [0.4, 0.5) is 5.69 Å². The molecule has 2 N–H and O–H groups in total. The fraction of sp³-hybridized carbons (Fsp3) is 0.562. The molecule has 124 valence electrons. The molecule has 2 fully saturated rings. The molecule has 2 aliphatic rings. The maximum Gasteiger partial charge on any atom is 0.253 e. The lowest BCUT2D eigenvalue weighted by Crippen LogP contribution is -2.37. The molecule has 0 spiro atoms. The van der Waals surface area contributed by atoms with Gasteiger partial charge in [0.2, 0.25) is 0 Å². The number of anilines is 1. The van der Waals surface area contributed by atoms with Crippen LogP contribution in [-0.4, -0.2) is 38.1 Å². The van der Waals surface area contributed by atoms with Gasteiger partial charge in [-0.1, -0.05) is 11.6 Å². The molecule has 1 aromatic rings. The van der Waals surface area contributed by atoms with Crippen molar-refractivity contribution in [3.8, 4) is 0 Å². The molecule has 3 rings (SSSR count). The van der Waals surface area contributed by atoms with Gasteiger partial charge >= 0.3 is 0 Å². The zero-order valence-corrected chi connectivity index (χ0v) is 14.6. The lowest BCUT2D eigenvalue weighted by Gasteiger charge is -2.22. The molecule has 2 saturated heterocycles. The third kappa shape index (κ3) is 4.28. The van der Waals surface area contributed by atoms with Gasteiger partial charge in [0, 0.05) is 31.4 Å². The minimum atomic E-state index is 0. The van der Waals surface area contributed by atoms with E-state index in [0.29, 0.717) is 0 Å². The van der Waals surface area contributed by atoms with E-state index in [1.807, 2.05) is 13.0 Å². The summed E-state index contributed by atoms with van der Waals surface area (Å²) < 4.78 is 0. The lowest BCUT2D eigenvalue weighted by atomic mass is 10.1. The molecule has 4 nitrogen and oxygen atoms in total. The number of amides is 1. The van der Waals surface area contributed by atoms with E-state index in [2.05, 4.69) is 27.7 Å². The quantitative estimate of drug-likeness (QED) is 0.884. The number of carbonyl (C=O) groups excluding carboxylic acids is 1. The summed E-state index contributed by atoms with van der Waals surface area (Å²) in [4.78, 5) is 14.9. The molecule has 0 bridgehead atoms. The molecule has 1 amide bonds. The second kappa shape index (κ2) is 8.61. The van der Waals surface area contributed by atoms with Gasteiger partial charge in [0.25, 0.3) is 5.91 Å². The Labute approximate surface area is 144 Å². The van der Waals surface area contributed by atoms with E-state index < -0.39 is 0 Å². The Balaban J connectivity index is 0.00000121. The van der Waals surface area contributed by atoms with Gasteiger partial charge in [0.15, 0.2) is 0 Å². The van der Waals surface area contributed by atoms with Crippen molar-refractivity contribution in [2.24, 2.45) is 0 Å². The van der Waals surface area contributed by atoms with Crippen LogP contribution in [0.3, 0.4) is 0 Å². The smallest absolute Gasteiger partial charge is 0.253 e. The van der Waals surface area contributed by atoms with Crippen molar-refractivity contribution in [2.45, 2.75) is 32.2 Å². The van der Waals surface area contributed by atoms with Crippen molar-refractivity contribution in [3.05, 3.63) is 29.3 Å². The first kappa shape index (κ1) is 19.1. The van der Waals surface area contributed by atoms with Crippen molar-refractivity contribution in [1.82, 2.24) is 10.6 Å². The fourth-order valence-corrected chi connectivity index (χ4v) is 3.11. The first-order valence-electron chi connectivity index (χ1n) is 7.61. The summed E-state index contributed by atoms with van der Waals surface area (Å²) >= 11 is 0. The zero-order chi connectivity index (χ0) is 13.9. The standard InChI is InChI=1S/C16H23N3O.2ClH/c1-12-4-5-15(19-8-2-3-9-19)14(10-12)16(20)18-13-6-7-17-11-13;;/h4-5,10,13,17H,2-3,6-9,11H2,1H3,(H,18,20);2*1H. The van der Waals surface area contributed by atoms with E-state index in [4.69, 9.17) is 0 Å². The molecule has 1 aromatic carbocycles. The molecule has 6 heteroatoms. The molecular formula is C16H25Cl2N3O. The highest BCUT2D eigenvalue weighted by Gasteiger charge is 2.22. The predicted molar refractivity (Wildman–Crippen MR) is 95.9 cm³/mol. The molecular weight excluding hydrogens is 321 g/mol. The van der Waals surface area contributed by atoms with Crippen molar-refractivity contribution in [1.29, 1.82) is 0 Å². The van der Waals surface area contributed by atoms with Crippen LogP contribution in [0.25, 0.3) is 0 Å². The van der Waals surface area contributed by atoms with E-state index in [9.17, 15) is 4.79 Å². The van der Waals surface area contributed by atoms with Gasteiger partial charge in [-0.15, -0.1) is 24.8 Å². The summed E-state index contributed by atoms with van der Waals surface area (Å²) in [5.41, 5.74) is 3.07. The highest BCUT2D eigenvalue weighted by molar-refractivity contribution is 6.00. The topological polar surface area (TPSA) is 44.4 Å². The fourth-order valence-electron chi connectivity index (χ4n) is 3.11. The molecule has 1 unspecified atom stereocenters. The number of benzene rings is 1. The summed E-state index contributed by atoms with van der Waals surface area (Å²) in [6, 6.07) is 6.49. The first-order chi connectivity index (χ1) is 9.74. The molecule has 2 heterocycles.